The van der Waals surface area contributed by atoms with Crippen molar-refractivity contribution in [3.8, 4) is 0 Å². The van der Waals surface area contributed by atoms with Crippen LogP contribution < -0.4 is 10.6 Å². The number of aliphatic hydroxyl groups is 1. The van der Waals surface area contributed by atoms with Crippen LogP contribution in [0.4, 0.5) is 4.79 Å². The minimum atomic E-state index is -0.703. The Bertz CT molecular complexity index is 671. The van der Waals surface area contributed by atoms with Gasteiger partial charge < -0.3 is 15.7 Å². The van der Waals surface area contributed by atoms with Gasteiger partial charge >= 0.3 is 6.03 Å². The van der Waals surface area contributed by atoms with Gasteiger partial charge in [-0.2, -0.15) is 11.8 Å². The number of urea groups is 1. The number of hydrogen-bond donors (Lipinski definition) is 3. The Labute approximate surface area is 140 Å². The van der Waals surface area contributed by atoms with E-state index in [-0.39, 0.29) is 12.6 Å². The lowest BCUT2D eigenvalue weighted by atomic mass is 10.0. The predicted molar refractivity (Wildman–Crippen MR) is 95.8 cm³/mol. The molecule has 1 fully saturated rings. The topological polar surface area (TPSA) is 61.4 Å². The molecule has 5 heteroatoms. The third-order valence-corrected chi connectivity index (χ3v) is 5.53. The minimum Gasteiger partial charge on any atom is -0.387 e. The van der Waals surface area contributed by atoms with E-state index in [4.69, 9.17) is 0 Å². The molecule has 3 rings (SSSR count). The first kappa shape index (κ1) is 16.1. The zero-order chi connectivity index (χ0) is 16.1. The lowest BCUT2D eigenvalue weighted by molar-refractivity contribution is 0.173. The Balaban J connectivity index is 1.49. The monoisotopic (exact) mass is 330 g/mol. The molecule has 3 N–H and O–H groups in total. The van der Waals surface area contributed by atoms with Crippen molar-refractivity contribution in [3.05, 3.63) is 48.0 Å². The molecule has 1 saturated heterocycles. The molecule has 1 aliphatic heterocycles. The molecule has 0 spiro atoms. The zero-order valence-corrected chi connectivity index (χ0v) is 13.8. The van der Waals surface area contributed by atoms with Crippen LogP contribution in [-0.4, -0.2) is 35.2 Å². The summed E-state index contributed by atoms with van der Waals surface area (Å²) >= 11 is 1.91. The zero-order valence-electron chi connectivity index (χ0n) is 13.0. The summed E-state index contributed by atoms with van der Waals surface area (Å²) in [7, 11) is 0. The number of aliphatic hydroxyl groups excluding tert-OH is 1. The summed E-state index contributed by atoms with van der Waals surface area (Å²) in [5.41, 5.74) is 0.815. The molecule has 122 valence electrons. The van der Waals surface area contributed by atoms with E-state index in [2.05, 4.69) is 10.6 Å². The first-order valence-corrected chi connectivity index (χ1v) is 9.07. The van der Waals surface area contributed by atoms with Crippen LogP contribution >= 0.6 is 11.8 Å². The SMILES string of the molecule is O=C(NCC1CCCS1)NCC(O)c1ccc2ccccc2c1. The Morgan fingerprint density at radius 3 is 2.83 bits per heavy atom. The van der Waals surface area contributed by atoms with Gasteiger partial charge in [0.2, 0.25) is 0 Å². The Hall–Kier alpha value is -1.72. The summed E-state index contributed by atoms with van der Waals surface area (Å²) in [6.45, 7) is 0.907. The summed E-state index contributed by atoms with van der Waals surface area (Å²) in [5.74, 6) is 1.19. The van der Waals surface area contributed by atoms with Crippen LogP contribution in [0.5, 0.6) is 0 Å². The number of amides is 2. The molecule has 2 aromatic carbocycles. The van der Waals surface area contributed by atoms with E-state index in [1.807, 2.05) is 54.2 Å². The quantitative estimate of drug-likeness (QED) is 0.789. The first-order chi connectivity index (χ1) is 11.2. The Morgan fingerprint density at radius 1 is 1.22 bits per heavy atom. The fourth-order valence-corrected chi connectivity index (χ4v) is 4.00. The molecule has 23 heavy (non-hydrogen) atoms. The molecule has 2 unspecified atom stereocenters. The van der Waals surface area contributed by atoms with Gasteiger partial charge in [0, 0.05) is 18.3 Å². The third-order valence-electron chi connectivity index (χ3n) is 4.13. The van der Waals surface area contributed by atoms with Gasteiger partial charge in [0.25, 0.3) is 0 Å². The molecule has 2 aromatic rings. The maximum absolute atomic E-state index is 11.8. The van der Waals surface area contributed by atoms with Gasteiger partial charge in [0.05, 0.1) is 6.10 Å². The molecule has 0 saturated carbocycles. The van der Waals surface area contributed by atoms with Gasteiger partial charge in [-0.05, 0) is 41.0 Å². The maximum atomic E-state index is 11.8. The summed E-state index contributed by atoms with van der Waals surface area (Å²) < 4.78 is 0. The highest BCUT2D eigenvalue weighted by molar-refractivity contribution is 8.00. The van der Waals surface area contributed by atoms with E-state index in [0.717, 1.165) is 16.3 Å². The number of hydrogen-bond acceptors (Lipinski definition) is 3. The molecule has 0 aromatic heterocycles. The minimum absolute atomic E-state index is 0.210. The second-order valence-corrected chi connectivity index (χ2v) is 7.26. The summed E-state index contributed by atoms with van der Waals surface area (Å²) in [5, 5.41) is 18.6. The van der Waals surface area contributed by atoms with Crippen LogP contribution in [0.15, 0.2) is 42.5 Å². The van der Waals surface area contributed by atoms with Gasteiger partial charge in [0.15, 0.2) is 0 Å². The van der Waals surface area contributed by atoms with Crippen molar-refractivity contribution in [2.24, 2.45) is 0 Å². The second kappa shape index (κ2) is 7.70. The van der Waals surface area contributed by atoms with Crippen molar-refractivity contribution in [2.45, 2.75) is 24.2 Å². The van der Waals surface area contributed by atoms with Crippen molar-refractivity contribution in [1.82, 2.24) is 10.6 Å². The van der Waals surface area contributed by atoms with E-state index >= 15 is 0 Å². The number of nitrogens with one attached hydrogen (secondary N) is 2. The van der Waals surface area contributed by atoms with E-state index in [0.29, 0.717) is 11.8 Å². The van der Waals surface area contributed by atoms with Crippen LogP contribution in [0.25, 0.3) is 10.8 Å². The average molecular weight is 330 g/mol. The summed E-state index contributed by atoms with van der Waals surface area (Å²) in [4.78, 5) is 11.8. The van der Waals surface area contributed by atoms with Crippen LogP contribution in [0.3, 0.4) is 0 Å². The molecule has 4 nitrogen and oxygen atoms in total. The van der Waals surface area contributed by atoms with Gasteiger partial charge in [-0.3, -0.25) is 0 Å². The van der Waals surface area contributed by atoms with Crippen LogP contribution in [0.2, 0.25) is 0 Å². The molecule has 2 atom stereocenters. The second-order valence-electron chi connectivity index (χ2n) is 5.85. The summed E-state index contributed by atoms with van der Waals surface area (Å²) in [6, 6.07) is 13.7. The number of rotatable bonds is 5. The van der Waals surface area contributed by atoms with Crippen LogP contribution in [0.1, 0.15) is 24.5 Å². The highest BCUT2D eigenvalue weighted by atomic mass is 32.2. The predicted octanol–water partition coefficient (Wildman–Crippen LogP) is 3.07. The van der Waals surface area contributed by atoms with E-state index < -0.39 is 6.10 Å². The molecule has 0 aliphatic carbocycles. The lowest BCUT2D eigenvalue weighted by Crippen LogP contribution is -2.40. The molecule has 1 heterocycles. The van der Waals surface area contributed by atoms with Crippen LogP contribution in [0, 0.1) is 0 Å². The maximum Gasteiger partial charge on any atom is 0.314 e. The molecule has 2 amide bonds. The van der Waals surface area contributed by atoms with Crippen molar-refractivity contribution >= 4 is 28.6 Å². The van der Waals surface area contributed by atoms with Crippen LogP contribution in [-0.2, 0) is 0 Å². The number of carbonyl (C=O) groups is 1. The average Bonchev–Trinajstić information content (AvgIpc) is 3.11. The Morgan fingerprint density at radius 2 is 2.04 bits per heavy atom. The van der Waals surface area contributed by atoms with Crippen molar-refractivity contribution in [3.63, 3.8) is 0 Å². The number of fused-ring (bicyclic) bond motifs is 1. The number of thioether (sulfide) groups is 1. The molecule has 0 bridgehead atoms. The number of benzene rings is 2. The molecular weight excluding hydrogens is 308 g/mol. The van der Waals surface area contributed by atoms with E-state index in [9.17, 15) is 9.90 Å². The number of carbonyl (C=O) groups excluding carboxylic acids is 1. The third kappa shape index (κ3) is 4.39. The Kier molecular flexibility index (Phi) is 5.41. The van der Waals surface area contributed by atoms with E-state index in [1.165, 1.54) is 18.6 Å². The van der Waals surface area contributed by atoms with Crippen molar-refractivity contribution in [2.75, 3.05) is 18.8 Å². The highest BCUT2D eigenvalue weighted by Crippen LogP contribution is 2.25. The molecule has 1 aliphatic rings. The fraction of sp³-hybridized carbons (Fsp3) is 0.389. The normalized spacial score (nSPS) is 18.7. The van der Waals surface area contributed by atoms with Crippen molar-refractivity contribution in [1.29, 1.82) is 0 Å². The largest absolute Gasteiger partial charge is 0.387 e. The highest BCUT2D eigenvalue weighted by Gasteiger charge is 2.16. The molecular formula is C18H22N2O2S. The van der Waals surface area contributed by atoms with E-state index in [1.54, 1.807) is 0 Å². The van der Waals surface area contributed by atoms with Gasteiger partial charge in [-0.15, -0.1) is 0 Å². The van der Waals surface area contributed by atoms with Gasteiger partial charge in [-0.25, -0.2) is 4.79 Å². The smallest absolute Gasteiger partial charge is 0.314 e. The first-order valence-electron chi connectivity index (χ1n) is 8.02. The van der Waals surface area contributed by atoms with Gasteiger partial charge in [0.1, 0.15) is 0 Å². The fourth-order valence-electron chi connectivity index (χ4n) is 2.80. The lowest BCUT2D eigenvalue weighted by Gasteiger charge is -2.15. The molecule has 0 radical (unpaired) electrons. The standard InChI is InChI=1S/C18H22N2O2S/c21-17(12-20-18(22)19-11-16-6-3-9-23-16)15-8-7-13-4-1-2-5-14(13)10-15/h1-2,4-5,7-8,10,16-17,21H,3,6,9,11-12H2,(H2,19,20,22). The van der Waals surface area contributed by atoms with Gasteiger partial charge in [-0.1, -0.05) is 36.4 Å². The van der Waals surface area contributed by atoms with Crippen molar-refractivity contribution < 1.29 is 9.90 Å². The summed E-state index contributed by atoms with van der Waals surface area (Å²) in [6.07, 6.45) is 1.70.